The molecule has 3 N–H and O–H groups in total. The Bertz CT molecular complexity index is 277. The molecule has 98 valence electrons. The van der Waals surface area contributed by atoms with Crippen molar-refractivity contribution in [2.75, 3.05) is 33.2 Å². The molecular weight excluding hydrogens is 220 g/mol. The maximum absolute atomic E-state index is 11.8. The van der Waals surface area contributed by atoms with E-state index in [0.29, 0.717) is 13.1 Å². The van der Waals surface area contributed by atoms with Crippen LogP contribution in [0, 0.1) is 5.92 Å². The van der Waals surface area contributed by atoms with Gasteiger partial charge in [-0.15, -0.1) is 0 Å². The summed E-state index contributed by atoms with van der Waals surface area (Å²) in [5, 5.41) is 0. The van der Waals surface area contributed by atoms with Gasteiger partial charge in [-0.1, -0.05) is 6.92 Å². The smallest absolute Gasteiger partial charge is 0.237 e. The third-order valence-corrected chi connectivity index (χ3v) is 3.04. The maximum Gasteiger partial charge on any atom is 0.237 e. The summed E-state index contributed by atoms with van der Waals surface area (Å²) in [7, 11) is 1.84. The lowest BCUT2D eigenvalue weighted by Crippen LogP contribution is -2.43. The normalized spacial score (nSPS) is 17.3. The first-order chi connectivity index (χ1) is 8.04. The zero-order chi connectivity index (χ0) is 12.8. The highest BCUT2D eigenvalue weighted by Crippen LogP contribution is 2.08. The first-order valence-corrected chi connectivity index (χ1v) is 6.01. The highest BCUT2D eigenvalue weighted by atomic mass is 16.2. The van der Waals surface area contributed by atoms with E-state index in [9.17, 15) is 9.59 Å². The first-order valence-electron chi connectivity index (χ1n) is 6.01. The fraction of sp³-hybridized carbons (Fsp3) is 0.818. The van der Waals surface area contributed by atoms with Crippen molar-refractivity contribution in [2.45, 2.75) is 19.8 Å². The molecule has 0 radical (unpaired) electrons. The van der Waals surface area contributed by atoms with E-state index in [1.54, 1.807) is 6.92 Å². The van der Waals surface area contributed by atoms with Gasteiger partial charge >= 0.3 is 0 Å². The Morgan fingerprint density at radius 1 is 1.41 bits per heavy atom. The van der Waals surface area contributed by atoms with E-state index in [4.69, 9.17) is 5.84 Å². The molecule has 0 spiro atoms. The quantitative estimate of drug-likeness (QED) is 0.374. The van der Waals surface area contributed by atoms with Gasteiger partial charge in [-0.05, 0) is 19.9 Å². The molecule has 0 saturated carbocycles. The summed E-state index contributed by atoms with van der Waals surface area (Å²) in [5.74, 6) is 4.79. The molecule has 1 rings (SSSR count). The van der Waals surface area contributed by atoms with Crippen molar-refractivity contribution in [3.05, 3.63) is 0 Å². The monoisotopic (exact) mass is 242 g/mol. The second kappa shape index (κ2) is 6.56. The van der Waals surface area contributed by atoms with Crippen molar-refractivity contribution in [2.24, 2.45) is 11.8 Å². The molecule has 2 amide bonds. The van der Waals surface area contributed by atoms with Gasteiger partial charge in [0.2, 0.25) is 11.8 Å². The van der Waals surface area contributed by atoms with Gasteiger partial charge in [-0.3, -0.25) is 19.9 Å². The van der Waals surface area contributed by atoms with Crippen LogP contribution in [-0.2, 0) is 9.59 Å². The van der Waals surface area contributed by atoms with Gasteiger partial charge in [0.15, 0.2) is 0 Å². The number of likely N-dealkylation sites (tertiary alicyclic amines) is 1. The number of hydrogen-bond acceptors (Lipinski definition) is 4. The summed E-state index contributed by atoms with van der Waals surface area (Å²) in [5.41, 5.74) is 2.12. The third kappa shape index (κ3) is 4.32. The van der Waals surface area contributed by atoms with Gasteiger partial charge in [0.1, 0.15) is 0 Å². The standard InChI is InChI=1S/C11H22N4O2/c1-9(11(17)13-12)7-14(2)8-10(16)15-5-3-4-6-15/h9H,3-8,12H2,1-2H3,(H,13,17). The summed E-state index contributed by atoms with van der Waals surface area (Å²) in [6, 6.07) is 0. The predicted molar refractivity (Wildman–Crippen MR) is 64.8 cm³/mol. The first kappa shape index (κ1) is 13.9. The number of hydrogen-bond donors (Lipinski definition) is 2. The van der Waals surface area contributed by atoms with Crippen molar-refractivity contribution in [1.29, 1.82) is 0 Å². The van der Waals surface area contributed by atoms with Gasteiger partial charge in [0.05, 0.1) is 6.54 Å². The summed E-state index contributed by atoms with van der Waals surface area (Å²) in [6.07, 6.45) is 2.20. The molecule has 1 heterocycles. The molecule has 0 bridgehead atoms. The van der Waals surface area contributed by atoms with Crippen LogP contribution in [0.1, 0.15) is 19.8 Å². The van der Waals surface area contributed by atoms with Crippen molar-refractivity contribution < 1.29 is 9.59 Å². The number of carbonyl (C=O) groups is 2. The number of nitrogens with two attached hydrogens (primary N) is 1. The number of nitrogens with zero attached hydrogens (tertiary/aromatic N) is 2. The largest absolute Gasteiger partial charge is 0.342 e. The van der Waals surface area contributed by atoms with Crippen LogP contribution in [-0.4, -0.2) is 54.8 Å². The average Bonchev–Trinajstić information content (AvgIpc) is 2.80. The maximum atomic E-state index is 11.8. The van der Waals surface area contributed by atoms with Gasteiger partial charge < -0.3 is 4.90 Å². The van der Waals surface area contributed by atoms with E-state index >= 15 is 0 Å². The number of rotatable bonds is 5. The number of hydrazine groups is 1. The van der Waals surface area contributed by atoms with Crippen molar-refractivity contribution >= 4 is 11.8 Å². The molecule has 0 aliphatic carbocycles. The van der Waals surface area contributed by atoms with Crippen LogP contribution in [0.3, 0.4) is 0 Å². The Hall–Kier alpha value is -1.14. The Morgan fingerprint density at radius 2 is 2.00 bits per heavy atom. The van der Waals surface area contributed by atoms with Crippen LogP contribution in [0.5, 0.6) is 0 Å². The van der Waals surface area contributed by atoms with Crippen LogP contribution >= 0.6 is 0 Å². The average molecular weight is 242 g/mol. The number of carbonyl (C=O) groups excluding carboxylic acids is 2. The number of amides is 2. The Kier molecular flexibility index (Phi) is 5.37. The minimum Gasteiger partial charge on any atom is -0.342 e. The molecule has 1 saturated heterocycles. The molecule has 1 aliphatic heterocycles. The summed E-state index contributed by atoms with van der Waals surface area (Å²) in [4.78, 5) is 26.8. The van der Waals surface area contributed by atoms with Gasteiger partial charge in [-0.25, -0.2) is 5.84 Å². The molecule has 0 aromatic carbocycles. The van der Waals surface area contributed by atoms with Crippen LogP contribution in [0.15, 0.2) is 0 Å². The Balaban J connectivity index is 2.30. The van der Waals surface area contributed by atoms with Crippen LogP contribution in [0.4, 0.5) is 0 Å². The van der Waals surface area contributed by atoms with E-state index < -0.39 is 0 Å². The van der Waals surface area contributed by atoms with E-state index in [2.05, 4.69) is 5.43 Å². The zero-order valence-corrected chi connectivity index (χ0v) is 10.6. The molecule has 6 nitrogen and oxygen atoms in total. The number of likely N-dealkylation sites (N-methyl/N-ethyl adjacent to an activating group) is 1. The molecule has 1 fully saturated rings. The molecule has 1 aliphatic rings. The van der Waals surface area contributed by atoms with E-state index in [0.717, 1.165) is 25.9 Å². The molecule has 1 unspecified atom stereocenters. The molecule has 0 aromatic heterocycles. The highest BCUT2D eigenvalue weighted by molar-refractivity contribution is 5.79. The lowest BCUT2D eigenvalue weighted by atomic mass is 10.1. The Morgan fingerprint density at radius 3 is 2.53 bits per heavy atom. The van der Waals surface area contributed by atoms with Crippen molar-refractivity contribution in [3.8, 4) is 0 Å². The Labute approximate surface area is 102 Å². The molecule has 17 heavy (non-hydrogen) atoms. The third-order valence-electron chi connectivity index (χ3n) is 3.04. The topological polar surface area (TPSA) is 78.7 Å². The molecule has 0 aromatic rings. The lowest BCUT2D eigenvalue weighted by molar-refractivity contribution is -0.132. The minimum absolute atomic E-state index is 0.144. The van der Waals surface area contributed by atoms with Crippen molar-refractivity contribution in [3.63, 3.8) is 0 Å². The molecule has 6 heteroatoms. The van der Waals surface area contributed by atoms with Gasteiger partial charge in [0.25, 0.3) is 0 Å². The molecular formula is C11H22N4O2. The van der Waals surface area contributed by atoms with Gasteiger partial charge in [-0.2, -0.15) is 0 Å². The zero-order valence-electron chi connectivity index (χ0n) is 10.6. The SMILES string of the molecule is CC(CN(C)CC(=O)N1CCCC1)C(=O)NN. The predicted octanol–water partition coefficient (Wildman–Crippen LogP) is -0.833. The van der Waals surface area contributed by atoms with E-state index in [1.165, 1.54) is 0 Å². The van der Waals surface area contributed by atoms with Crippen LogP contribution < -0.4 is 11.3 Å². The second-order valence-electron chi connectivity index (χ2n) is 4.69. The van der Waals surface area contributed by atoms with E-state index in [1.807, 2.05) is 16.8 Å². The summed E-state index contributed by atoms with van der Waals surface area (Å²) >= 11 is 0. The summed E-state index contributed by atoms with van der Waals surface area (Å²) < 4.78 is 0. The van der Waals surface area contributed by atoms with Gasteiger partial charge in [0, 0.05) is 25.6 Å². The fourth-order valence-electron chi connectivity index (χ4n) is 2.05. The second-order valence-corrected chi connectivity index (χ2v) is 4.69. The van der Waals surface area contributed by atoms with Crippen molar-refractivity contribution in [1.82, 2.24) is 15.2 Å². The molecule has 1 atom stereocenters. The number of nitrogens with one attached hydrogen (secondary N) is 1. The lowest BCUT2D eigenvalue weighted by Gasteiger charge is -2.23. The van der Waals surface area contributed by atoms with Crippen LogP contribution in [0.2, 0.25) is 0 Å². The van der Waals surface area contributed by atoms with Crippen LogP contribution in [0.25, 0.3) is 0 Å². The highest BCUT2D eigenvalue weighted by Gasteiger charge is 2.21. The summed E-state index contributed by atoms with van der Waals surface area (Å²) in [6.45, 7) is 4.42. The van der Waals surface area contributed by atoms with E-state index in [-0.39, 0.29) is 17.7 Å². The fourth-order valence-corrected chi connectivity index (χ4v) is 2.05. The minimum atomic E-state index is -0.212.